The van der Waals surface area contributed by atoms with Crippen LogP contribution in [0.2, 0.25) is 0 Å². The average molecular weight is 344 g/mol. The van der Waals surface area contributed by atoms with Crippen LogP contribution < -0.4 is 20.3 Å². The number of nitrogens with zero attached hydrogens (tertiary/aromatic N) is 2. The molecule has 25 heavy (non-hydrogen) atoms. The molecule has 0 saturated heterocycles. The summed E-state index contributed by atoms with van der Waals surface area (Å²) in [4.78, 5) is 17.9. The minimum atomic E-state index is -0.785. The maximum atomic E-state index is 11.8. The van der Waals surface area contributed by atoms with Gasteiger partial charge in [0.25, 0.3) is 0 Å². The zero-order chi connectivity index (χ0) is 18.1. The summed E-state index contributed by atoms with van der Waals surface area (Å²) < 4.78 is 5.43. The van der Waals surface area contributed by atoms with Gasteiger partial charge in [0.1, 0.15) is 24.3 Å². The van der Waals surface area contributed by atoms with Gasteiger partial charge >= 0.3 is 6.03 Å². The van der Waals surface area contributed by atoms with Crippen molar-refractivity contribution >= 4 is 11.8 Å². The molecule has 0 fully saturated rings. The number of para-hydroxylation sites is 1. The fraction of sp³-hybridized carbons (Fsp3) is 0.333. The number of pyridine rings is 1. The van der Waals surface area contributed by atoms with Crippen LogP contribution in [0.15, 0.2) is 48.7 Å². The van der Waals surface area contributed by atoms with Gasteiger partial charge in [-0.25, -0.2) is 9.78 Å². The first-order valence-electron chi connectivity index (χ1n) is 8.04. The Morgan fingerprint density at radius 2 is 2.00 bits per heavy atom. The largest absolute Gasteiger partial charge is 0.491 e. The molecule has 0 aliphatic rings. The highest BCUT2D eigenvalue weighted by molar-refractivity contribution is 5.73. The smallest absolute Gasteiger partial charge is 0.315 e. The topological polar surface area (TPSA) is 86.7 Å². The van der Waals surface area contributed by atoms with Crippen molar-refractivity contribution in [2.45, 2.75) is 12.6 Å². The number of hydrogen-bond acceptors (Lipinski definition) is 5. The van der Waals surface area contributed by atoms with Gasteiger partial charge in [-0.2, -0.15) is 0 Å². The Morgan fingerprint density at radius 1 is 1.24 bits per heavy atom. The molecule has 1 aromatic heterocycles. The van der Waals surface area contributed by atoms with E-state index >= 15 is 0 Å². The number of aliphatic hydroxyl groups is 1. The van der Waals surface area contributed by atoms with Crippen LogP contribution in [0.1, 0.15) is 5.56 Å². The number of ether oxygens (including phenoxy) is 1. The van der Waals surface area contributed by atoms with Crippen LogP contribution in [0.4, 0.5) is 10.6 Å². The van der Waals surface area contributed by atoms with Gasteiger partial charge in [-0.05, 0) is 29.8 Å². The quantitative estimate of drug-likeness (QED) is 0.674. The molecular weight excluding hydrogens is 320 g/mol. The molecule has 2 aromatic rings. The van der Waals surface area contributed by atoms with Crippen LogP contribution in [0, 0.1) is 0 Å². The number of aliphatic hydroxyl groups excluding tert-OH is 1. The molecule has 7 nitrogen and oxygen atoms in total. The number of hydrogen-bond donors (Lipinski definition) is 3. The van der Waals surface area contributed by atoms with Crippen molar-refractivity contribution < 1.29 is 14.6 Å². The summed E-state index contributed by atoms with van der Waals surface area (Å²) in [6, 6.07) is 12.6. The van der Waals surface area contributed by atoms with E-state index in [9.17, 15) is 9.90 Å². The Labute approximate surface area is 147 Å². The summed E-state index contributed by atoms with van der Waals surface area (Å²) in [5.41, 5.74) is 0.946. The summed E-state index contributed by atoms with van der Waals surface area (Å²) in [5, 5.41) is 15.2. The molecule has 7 heteroatoms. The summed E-state index contributed by atoms with van der Waals surface area (Å²) in [6.45, 7) is 0.602. The molecule has 0 bridgehead atoms. The normalized spacial score (nSPS) is 11.5. The van der Waals surface area contributed by atoms with Crippen LogP contribution >= 0.6 is 0 Å². The van der Waals surface area contributed by atoms with Crippen molar-refractivity contribution in [3.63, 3.8) is 0 Å². The van der Waals surface area contributed by atoms with Gasteiger partial charge in [-0.1, -0.05) is 18.2 Å². The lowest BCUT2D eigenvalue weighted by Crippen LogP contribution is -2.41. The lowest BCUT2D eigenvalue weighted by molar-refractivity contribution is 0.108. The van der Waals surface area contributed by atoms with Crippen molar-refractivity contribution in [2.75, 3.05) is 32.1 Å². The van der Waals surface area contributed by atoms with Gasteiger partial charge in [0.15, 0.2) is 0 Å². The Balaban J connectivity index is 1.67. The first-order valence-corrected chi connectivity index (χ1v) is 8.04. The van der Waals surface area contributed by atoms with Gasteiger partial charge in [0.05, 0.1) is 0 Å². The third-order valence-electron chi connectivity index (χ3n) is 3.41. The van der Waals surface area contributed by atoms with Gasteiger partial charge in [0.2, 0.25) is 0 Å². The predicted octanol–water partition coefficient (Wildman–Crippen LogP) is 1.39. The van der Waals surface area contributed by atoms with Crippen molar-refractivity contribution in [3.05, 3.63) is 54.2 Å². The maximum Gasteiger partial charge on any atom is 0.315 e. The Hall–Kier alpha value is -2.80. The third kappa shape index (κ3) is 6.68. The van der Waals surface area contributed by atoms with E-state index in [-0.39, 0.29) is 19.2 Å². The second kappa shape index (κ2) is 9.48. The molecule has 134 valence electrons. The molecule has 1 atom stereocenters. The maximum absolute atomic E-state index is 11.8. The molecule has 2 amide bonds. The molecule has 0 aliphatic carbocycles. The standard InChI is InChI=1S/C18H24N4O3/c1-22(2)17-10-14(8-9-19-17)11-20-18(24)21-12-15(23)13-25-16-6-4-3-5-7-16/h3-10,15,23H,11-13H2,1-2H3,(H2,20,21,24)/t15-/m0/s1. The molecule has 0 radical (unpaired) electrons. The van der Waals surface area contributed by atoms with Gasteiger partial charge in [-0.3, -0.25) is 0 Å². The van der Waals surface area contributed by atoms with Crippen LogP contribution in [0.5, 0.6) is 5.75 Å². The Bertz CT molecular complexity index is 664. The molecule has 1 aromatic carbocycles. The number of carbonyl (C=O) groups excluding carboxylic acids is 1. The number of anilines is 1. The van der Waals surface area contributed by atoms with Crippen molar-refractivity contribution in [1.29, 1.82) is 0 Å². The zero-order valence-corrected chi connectivity index (χ0v) is 14.5. The van der Waals surface area contributed by atoms with Crippen LogP contribution in [0.3, 0.4) is 0 Å². The number of rotatable bonds is 8. The molecule has 0 unspecified atom stereocenters. The zero-order valence-electron chi connectivity index (χ0n) is 14.5. The predicted molar refractivity (Wildman–Crippen MR) is 96.7 cm³/mol. The van der Waals surface area contributed by atoms with Crippen molar-refractivity contribution in [2.24, 2.45) is 0 Å². The van der Waals surface area contributed by atoms with E-state index < -0.39 is 6.10 Å². The molecule has 0 saturated carbocycles. The molecule has 3 N–H and O–H groups in total. The van der Waals surface area contributed by atoms with Crippen molar-refractivity contribution in [1.82, 2.24) is 15.6 Å². The highest BCUT2D eigenvalue weighted by atomic mass is 16.5. The van der Waals surface area contributed by atoms with E-state index in [0.717, 1.165) is 11.4 Å². The van der Waals surface area contributed by atoms with E-state index in [1.165, 1.54) is 0 Å². The minimum Gasteiger partial charge on any atom is -0.491 e. The fourth-order valence-electron chi connectivity index (χ4n) is 2.04. The average Bonchev–Trinajstić information content (AvgIpc) is 2.64. The van der Waals surface area contributed by atoms with Gasteiger partial charge in [0, 0.05) is 33.4 Å². The SMILES string of the molecule is CN(C)c1cc(CNC(=O)NC[C@H](O)COc2ccccc2)ccn1. The van der Waals surface area contributed by atoms with Crippen LogP contribution in [-0.4, -0.2) is 49.5 Å². The van der Waals surface area contributed by atoms with E-state index in [2.05, 4.69) is 15.6 Å². The van der Waals surface area contributed by atoms with Crippen LogP contribution in [0.25, 0.3) is 0 Å². The summed E-state index contributed by atoms with van der Waals surface area (Å²) in [6.07, 6.45) is 0.918. The Morgan fingerprint density at radius 3 is 2.72 bits per heavy atom. The fourth-order valence-corrected chi connectivity index (χ4v) is 2.04. The van der Waals surface area contributed by atoms with E-state index in [1.54, 1.807) is 6.20 Å². The minimum absolute atomic E-state index is 0.109. The van der Waals surface area contributed by atoms with Gasteiger partial charge in [-0.15, -0.1) is 0 Å². The lowest BCUT2D eigenvalue weighted by Gasteiger charge is -2.14. The second-order valence-corrected chi connectivity index (χ2v) is 5.76. The first-order chi connectivity index (χ1) is 12.0. The van der Waals surface area contributed by atoms with E-state index in [0.29, 0.717) is 12.3 Å². The molecule has 1 heterocycles. The highest BCUT2D eigenvalue weighted by Crippen LogP contribution is 2.09. The molecule has 2 rings (SSSR count). The third-order valence-corrected chi connectivity index (χ3v) is 3.41. The lowest BCUT2D eigenvalue weighted by atomic mass is 10.2. The second-order valence-electron chi connectivity index (χ2n) is 5.76. The van der Waals surface area contributed by atoms with E-state index in [1.807, 2.05) is 61.5 Å². The number of carbonyl (C=O) groups is 1. The van der Waals surface area contributed by atoms with Gasteiger partial charge < -0.3 is 25.4 Å². The van der Waals surface area contributed by atoms with E-state index in [4.69, 9.17) is 4.74 Å². The number of amides is 2. The molecule has 0 aliphatic heterocycles. The summed E-state index contributed by atoms with van der Waals surface area (Å²) in [7, 11) is 3.82. The monoisotopic (exact) mass is 344 g/mol. The van der Waals surface area contributed by atoms with Crippen molar-refractivity contribution in [3.8, 4) is 5.75 Å². The number of aromatic nitrogens is 1. The van der Waals surface area contributed by atoms with Crippen LogP contribution in [-0.2, 0) is 6.54 Å². The number of urea groups is 1. The molecule has 0 spiro atoms. The summed E-state index contributed by atoms with van der Waals surface area (Å²) in [5.74, 6) is 1.51. The Kier molecular flexibility index (Phi) is 7.03. The highest BCUT2D eigenvalue weighted by Gasteiger charge is 2.08. The molecular formula is C18H24N4O3. The number of nitrogens with one attached hydrogen (secondary N) is 2. The summed E-state index contributed by atoms with van der Waals surface area (Å²) >= 11 is 0. The first kappa shape index (κ1) is 18.5. The number of benzene rings is 1.